The number of benzene rings is 2. The Morgan fingerprint density at radius 2 is 1.89 bits per heavy atom. The van der Waals surface area contributed by atoms with Gasteiger partial charge < -0.3 is 5.32 Å². The third-order valence-electron chi connectivity index (χ3n) is 3.64. The van der Waals surface area contributed by atoms with E-state index in [0.717, 1.165) is 17.7 Å². The Labute approximate surface area is 113 Å². The molecular formula is C17H17NO. The van der Waals surface area contributed by atoms with E-state index in [-0.39, 0.29) is 11.8 Å². The summed E-state index contributed by atoms with van der Waals surface area (Å²) in [6.07, 6.45) is 0.960. The molecule has 1 N–H and O–H groups in total. The van der Waals surface area contributed by atoms with Crippen LogP contribution in [0, 0.1) is 12.8 Å². The summed E-state index contributed by atoms with van der Waals surface area (Å²) in [4.78, 5) is 12.2. The van der Waals surface area contributed by atoms with Crippen molar-refractivity contribution in [3.63, 3.8) is 0 Å². The number of rotatable bonds is 3. The Balaban J connectivity index is 1.64. The lowest BCUT2D eigenvalue weighted by molar-refractivity contribution is -0.117. The zero-order valence-corrected chi connectivity index (χ0v) is 11.0. The second-order valence-electron chi connectivity index (χ2n) is 5.22. The topological polar surface area (TPSA) is 29.1 Å². The Morgan fingerprint density at radius 3 is 2.63 bits per heavy atom. The average molecular weight is 251 g/mol. The number of anilines is 1. The van der Waals surface area contributed by atoms with Crippen molar-refractivity contribution in [2.24, 2.45) is 5.92 Å². The molecule has 1 fully saturated rings. The van der Waals surface area contributed by atoms with Crippen molar-refractivity contribution in [3.8, 4) is 0 Å². The fourth-order valence-corrected chi connectivity index (χ4v) is 2.51. The maximum atomic E-state index is 12.2. The molecule has 2 atom stereocenters. The van der Waals surface area contributed by atoms with Crippen LogP contribution in [-0.2, 0) is 4.79 Å². The Hall–Kier alpha value is -2.09. The molecule has 1 aliphatic carbocycles. The van der Waals surface area contributed by atoms with Gasteiger partial charge in [0, 0.05) is 11.6 Å². The molecule has 19 heavy (non-hydrogen) atoms. The SMILES string of the molecule is Cc1cccc(NC(=O)C2CC2c2ccccc2)c1. The van der Waals surface area contributed by atoms with Crippen LogP contribution in [0.2, 0.25) is 0 Å². The number of carbonyl (C=O) groups excluding carboxylic acids is 1. The average Bonchev–Trinajstić information content (AvgIpc) is 3.20. The van der Waals surface area contributed by atoms with Gasteiger partial charge in [-0.25, -0.2) is 0 Å². The molecule has 0 bridgehead atoms. The van der Waals surface area contributed by atoms with Gasteiger partial charge >= 0.3 is 0 Å². The lowest BCUT2D eigenvalue weighted by Crippen LogP contribution is -2.14. The standard InChI is InChI=1S/C17H17NO/c1-12-6-5-9-14(10-12)18-17(19)16-11-15(16)13-7-3-2-4-8-13/h2-10,15-16H,11H2,1H3,(H,18,19). The lowest BCUT2D eigenvalue weighted by atomic mass is 10.1. The first-order chi connectivity index (χ1) is 9.24. The summed E-state index contributed by atoms with van der Waals surface area (Å²) in [6.45, 7) is 2.03. The zero-order valence-electron chi connectivity index (χ0n) is 11.0. The highest BCUT2D eigenvalue weighted by atomic mass is 16.2. The molecule has 0 radical (unpaired) electrons. The number of nitrogens with one attached hydrogen (secondary N) is 1. The molecule has 0 heterocycles. The fraction of sp³-hybridized carbons (Fsp3) is 0.235. The van der Waals surface area contributed by atoms with Crippen molar-refractivity contribution >= 4 is 11.6 Å². The Morgan fingerprint density at radius 1 is 1.11 bits per heavy atom. The van der Waals surface area contributed by atoms with Gasteiger partial charge in [-0.1, -0.05) is 42.5 Å². The summed E-state index contributed by atoms with van der Waals surface area (Å²) in [5, 5.41) is 3.01. The highest BCUT2D eigenvalue weighted by molar-refractivity contribution is 5.95. The normalized spacial score (nSPS) is 20.9. The largest absolute Gasteiger partial charge is 0.326 e. The third kappa shape index (κ3) is 2.68. The molecule has 2 aromatic carbocycles. The molecule has 2 nitrogen and oxygen atoms in total. The van der Waals surface area contributed by atoms with Gasteiger partial charge in [0.05, 0.1) is 0 Å². The lowest BCUT2D eigenvalue weighted by Gasteiger charge is -2.05. The monoisotopic (exact) mass is 251 g/mol. The van der Waals surface area contributed by atoms with Gasteiger partial charge in [-0.3, -0.25) is 4.79 Å². The van der Waals surface area contributed by atoms with Crippen LogP contribution < -0.4 is 5.32 Å². The van der Waals surface area contributed by atoms with Crippen LogP contribution in [-0.4, -0.2) is 5.91 Å². The Bertz CT molecular complexity index is 591. The highest BCUT2D eigenvalue weighted by Crippen LogP contribution is 2.47. The van der Waals surface area contributed by atoms with Gasteiger partial charge in [-0.05, 0) is 42.5 Å². The van der Waals surface area contributed by atoms with Crippen molar-refractivity contribution in [3.05, 3.63) is 65.7 Å². The smallest absolute Gasteiger partial charge is 0.228 e. The van der Waals surface area contributed by atoms with E-state index in [0.29, 0.717) is 5.92 Å². The van der Waals surface area contributed by atoms with Crippen molar-refractivity contribution in [1.29, 1.82) is 0 Å². The summed E-state index contributed by atoms with van der Waals surface area (Å²) < 4.78 is 0. The Kier molecular flexibility index (Phi) is 3.08. The van der Waals surface area contributed by atoms with Crippen LogP contribution in [0.1, 0.15) is 23.5 Å². The molecule has 0 aromatic heterocycles. The van der Waals surface area contributed by atoms with Gasteiger partial charge in [-0.15, -0.1) is 0 Å². The van der Waals surface area contributed by atoms with Crippen molar-refractivity contribution in [2.75, 3.05) is 5.32 Å². The van der Waals surface area contributed by atoms with E-state index in [1.54, 1.807) is 0 Å². The van der Waals surface area contributed by atoms with Crippen molar-refractivity contribution in [2.45, 2.75) is 19.3 Å². The highest BCUT2D eigenvalue weighted by Gasteiger charge is 2.43. The van der Waals surface area contributed by atoms with E-state index in [9.17, 15) is 4.79 Å². The van der Waals surface area contributed by atoms with Crippen molar-refractivity contribution in [1.82, 2.24) is 0 Å². The summed E-state index contributed by atoms with van der Waals surface area (Å²) in [6, 6.07) is 18.2. The van der Waals surface area contributed by atoms with Gasteiger partial charge in [0.1, 0.15) is 0 Å². The van der Waals surface area contributed by atoms with Gasteiger partial charge in [0.2, 0.25) is 5.91 Å². The zero-order chi connectivity index (χ0) is 13.2. The minimum atomic E-state index is 0.128. The first-order valence-corrected chi connectivity index (χ1v) is 6.66. The van der Waals surface area contributed by atoms with Crippen LogP contribution in [0.5, 0.6) is 0 Å². The summed E-state index contributed by atoms with van der Waals surface area (Å²) in [7, 11) is 0. The van der Waals surface area contributed by atoms with E-state index in [4.69, 9.17) is 0 Å². The minimum absolute atomic E-state index is 0.128. The minimum Gasteiger partial charge on any atom is -0.326 e. The van der Waals surface area contributed by atoms with Crippen LogP contribution >= 0.6 is 0 Å². The second kappa shape index (κ2) is 4.88. The summed E-state index contributed by atoms with van der Waals surface area (Å²) in [5.74, 6) is 0.661. The number of carbonyl (C=O) groups is 1. The van der Waals surface area contributed by atoms with Gasteiger partial charge in [-0.2, -0.15) is 0 Å². The number of hydrogen-bond donors (Lipinski definition) is 1. The molecule has 1 aliphatic rings. The van der Waals surface area contributed by atoms with E-state index < -0.39 is 0 Å². The van der Waals surface area contributed by atoms with Crippen LogP contribution in [0.3, 0.4) is 0 Å². The van der Waals surface area contributed by atoms with E-state index in [1.165, 1.54) is 5.56 Å². The molecular weight excluding hydrogens is 234 g/mol. The molecule has 96 valence electrons. The number of aryl methyl sites for hydroxylation is 1. The molecule has 3 rings (SSSR count). The van der Waals surface area contributed by atoms with Crippen LogP contribution in [0.4, 0.5) is 5.69 Å². The predicted octanol–water partition coefficient (Wildman–Crippen LogP) is 3.74. The molecule has 0 spiro atoms. The third-order valence-corrected chi connectivity index (χ3v) is 3.64. The summed E-state index contributed by atoms with van der Waals surface area (Å²) >= 11 is 0. The fourth-order valence-electron chi connectivity index (χ4n) is 2.51. The molecule has 0 aliphatic heterocycles. The predicted molar refractivity (Wildman–Crippen MR) is 77.1 cm³/mol. The maximum Gasteiger partial charge on any atom is 0.228 e. The second-order valence-corrected chi connectivity index (χ2v) is 5.22. The molecule has 2 aromatic rings. The van der Waals surface area contributed by atoms with E-state index in [2.05, 4.69) is 17.4 Å². The quantitative estimate of drug-likeness (QED) is 0.884. The molecule has 2 unspecified atom stereocenters. The van der Waals surface area contributed by atoms with E-state index in [1.807, 2.05) is 49.4 Å². The first-order valence-electron chi connectivity index (χ1n) is 6.66. The molecule has 0 saturated heterocycles. The molecule has 1 saturated carbocycles. The van der Waals surface area contributed by atoms with Crippen LogP contribution in [0.15, 0.2) is 54.6 Å². The van der Waals surface area contributed by atoms with Gasteiger partial charge in [0.15, 0.2) is 0 Å². The number of amides is 1. The van der Waals surface area contributed by atoms with E-state index >= 15 is 0 Å². The van der Waals surface area contributed by atoms with Crippen LogP contribution in [0.25, 0.3) is 0 Å². The van der Waals surface area contributed by atoms with Gasteiger partial charge in [0.25, 0.3) is 0 Å². The molecule has 2 heteroatoms. The number of hydrogen-bond acceptors (Lipinski definition) is 1. The van der Waals surface area contributed by atoms with Crippen molar-refractivity contribution < 1.29 is 4.79 Å². The summed E-state index contributed by atoms with van der Waals surface area (Å²) in [5.41, 5.74) is 3.32. The maximum absolute atomic E-state index is 12.2. The first kappa shape index (κ1) is 12.0. The molecule has 1 amide bonds.